The average molecular weight is 180 g/mol. The van der Waals surface area contributed by atoms with E-state index in [4.69, 9.17) is 16.7 Å². The Labute approximate surface area is 75.0 Å². The second-order valence-corrected chi connectivity index (χ2v) is 2.62. The van der Waals surface area contributed by atoms with Gasteiger partial charge in [0, 0.05) is 12.2 Å². The van der Waals surface area contributed by atoms with E-state index in [9.17, 15) is 4.39 Å². The van der Waals surface area contributed by atoms with E-state index in [1.165, 1.54) is 12.3 Å². The summed E-state index contributed by atoms with van der Waals surface area (Å²) in [6.07, 6.45) is 1.44. The molecule has 0 bridgehead atoms. The highest BCUT2D eigenvalue weighted by Crippen LogP contribution is 2.16. The Bertz CT molecular complexity index is 344. The summed E-state index contributed by atoms with van der Waals surface area (Å²) in [5.74, 6) is -0.715. The van der Waals surface area contributed by atoms with Crippen LogP contribution in [0.15, 0.2) is 12.3 Å². The van der Waals surface area contributed by atoms with Crippen molar-refractivity contribution in [2.45, 2.75) is 12.5 Å². The zero-order valence-corrected chi connectivity index (χ0v) is 6.87. The highest BCUT2D eigenvalue weighted by Gasteiger charge is 2.08. The molecule has 4 nitrogen and oxygen atoms in total. The minimum absolute atomic E-state index is 0.0501. The van der Waals surface area contributed by atoms with Gasteiger partial charge in [0.1, 0.15) is 0 Å². The molecule has 1 atom stereocenters. The Morgan fingerprint density at radius 3 is 2.92 bits per heavy atom. The van der Waals surface area contributed by atoms with Gasteiger partial charge in [0.2, 0.25) is 5.95 Å². The van der Waals surface area contributed by atoms with Crippen molar-refractivity contribution >= 4 is 5.69 Å². The summed E-state index contributed by atoms with van der Waals surface area (Å²) in [5, 5.41) is 8.37. The van der Waals surface area contributed by atoms with Crippen LogP contribution in [0.5, 0.6) is 0 Å². The van der Waals surface area contributed by atoms with Crippen molar-refractivity contribution in [2.24, 2.45) is 5.73 Å². The maximum Gasteiger partial charge on any atom is 0.236 e. The molecule has 1 heterocycles. The van der Waals surface area contributed by atoms with Crippen molar-refractivity contribution in [1.82, 2.24) is 4.98 Å². The fraction of sp³-hybridized carbons (Fsp3) is 0.250. The maximum absolute atomic E-state index is 12.6. The standard InChI is InChI=1S/C8H9FN4/c9-8-7(12)3-5(4-13-8)6(11)1-2-10/h3-4,6H,1,11-12H2. The molecule has 1 unspecified atom stereocenters. The van der Waals surface area contributed by atoms with E-state index in [2.05, 4.69) is 4.98 Å². The molecular weight excluding hydrogens is 171 g/mol. The van der Waals surface area contributed by atoms with Crippen LogP contribution in [0.1, 0.15) is 18.0 Å². The lowest BCUT2D eigenvalue weighted by molar-refractivity contribution is 0.585. The summed E-state index contributed by atoms with van der Waals surface area (Å²) in [5.41, 5.74) is 11.4. The number of rotatable bonds is 2. The molecular formula is C8H9FN4. The Kier molecular flexibility index (Phi) is 2.77. The van der Waals surface area contributed by atoms with E-state index < -0.39 is 12.0 Å². The number of nitrogens with two attached hydrogens (primary N) is 2. The molecule has 0 aliphatic carbocycles. The third-order valence-electron chi connectivity index (χ3n) is 1.63. The highest BCUT2D eigenvalue weighted by atomic mass is 19.1. The lowest BCUT2D eigenvalue weighted by atomic mass is 10.1. The summed E-state index contributed by atoms with van der Waals surface area (Å²) in [6.45, 7) is 0. The number of aromatic nitrogens is 1. The van der Waals surface area contributed by atoms with Crippen molar-refractivity contribution in [3.05, 3.63) is 23.8 Å². The Balaban J connectivity index is 2.91. The second-order valence-electron chi connectivity index (χ2n) is 2.62. The molecule has 0 amide bonds. The molecule has 1 aromatic rings. The third kappa shape index (κ3) is 2.13. The van der Waals surface area contributed by atoms with Crippen molar-refractivity contribution in [2.75, 3.05) is 5.73 Å². The second kappa shape index (κ2) is 3.83. The number of pyridine rings is 1. The molecule has 4 N–H and O–H groups in total. The summed E-state index contributed by atoms with van der Waals surface area (Å²) in [6, 6.07) is 2.85. The predicted molar refractivity (Wildman–Crippen MR) is 45.8 cm³/mol. The van der Waals surface area contributed by atoms with Gasteiger partial charge in [0.15, 0.2) is 0 Å². The minimum Gasteiger partial charge on any atom is -0.395 e. The first-order valence-electron chi connectivity index (χ1n) is 3.68. The number of nitrogens with zero attached hydrogens (tertiary/aromatic N) is 2. The van der Waals surface area contributed by atoms with Crippen LogP contribution < -0.4 is 11.5 Å². The van der Waals surface area contributed by atoms with Gasteiger partial charge < -0.3 is 11.5 Å². The van der Waals surface area contributed by atoms with Gasteiger partial charge in [-0.25, -0.2) is 4.98 Å². The number of hydrogen-bond donors (Lipinski definition) is 2. The molecule has 0 aromatic carbocycles. The normalized spacial score (nSPS) is 12.1. The van der Waals surface area contributed by atoms with Gasteiger partial charge in [-0.2, -0.15) is 9.65 Å². The SMILES string of the molecule is N#CCC(N)c1cnc(F)c(N)c1. The largest absolute Gasteiger partial charge is 0.395 e. The van der Waals surface area contributed by atoms with E-state index >= 15 is 0 Å². The van der Waals surface area contributed by atoms with Gasteiger partial charge in [0.25, 0.3) is 0 Å². The lowest BCUT2D eigenvalue weighted by Crippen LogP contribution is -2.10. The summed E-state index contributed by atoms with van der Waals surface area (Å²) >= 11 is 0. The smallest absolute Gasteiger partial charge is 0.236 e. The zero-order valence-electron chi connectivity index (χ0n) is 6.87. The number of nitrogen functional groups attached to an aromatic ring is 1. The van der Waals surface area contributed by atoms with E-state index in [0.29, 0.717) is 5.56 Å². The third-order valence-corrected chi connectivity index (χ3v) is 1.63. The molecule has 13 heavy (non-hydrogen) atoms. The molecule has 0 saturated heterocycles. The molecule has 5 heteroatoms. The molecule has 68 valence electrons. The molecule has 0 fully saturated rings. The number of hydrogen-bond acceptors (Lipinski definition) is 4. The highest BCUT2D eigenvalue weighted by molar-refractivity contribution is 5.39. The Morgan fingerprint density at radius 2 is 2.38 bits per heavy atom. The van der Waals surface area contributed by atoms with Crippen LogP contribution >= 0.6 is 0 Å². The minimum atomic E-state index is -0.715. The van der Waals surface area contributed by atoms with E-state index in [-0.39, 0.29) is 12.1 Å². The van der Waals surface area contributed by atoms with Crippen molar-refractivity contribution in [3.63, 3.8) is 0 Å². The van der Waals surface area contributed by atoms with Crippen LogP contribution in [-0.2, 0) is 0 Å². The Hall–Kier alpha value is -1.67. The molecule has 0 radical (unpaired) electrons. The number of anilines is 1. The molecule has 1 rings (SSSR count). The van der Waals surface area contributed by atoms with Crippen molar-refractivity contribution < 1.29 is 4.39 Å². The molecule has 1 aromatic heterocycles. The van der Waals surface area contributed by atoms with Gasteiger partial charge in [0.05, 0.1) is 18.2 Å². The van der Waals surface area contributed by atoms with Gasteiger partial charge in [-0.15, -0.1) is 0 Å². The van der Waals surface area contributed by atoms with Crippen molar-refractivity contribution in [3.8, 4) is 6.07 Å². The molecule has 0 spiro atoms. The van der Waals surface area contributed by atoms with E-state index in [1.54, 1.807) is 0 Å². The van der Waals surface area contributed by atoms with E-state index in [0.717, 1.165) is 0 Å². The van der Waals surface area contributed by atoms with Gasteiger partial charge >= 0.3 is 0 Å². The van der Waals surface area contributed by atoms with Gasteiger partial charge in [-0.1, -0.05) is 0 Å². The monoisotopic (exact) mass is 180 g/mol. The van der Waals surface area contributed by atoms with E-state index in [1.807, 2.05) is 6.07 Å². The van der Waals surface area contributed by atoms with Crippen LogP contribution in [0.3, 0.4) is 0 Å². The van der Waals surface area contributed by atoms with Crippen LogP contribution in [0.25, 0.3) is 0 Å². The average Bonchev–Trinajstić information content (AvgIpc) is 2.10. The maximum atomic E-state index is 12.6. The number of halogens is 1. The van der Waals surface area contributed by atoms with Gasteiger partial charge in [-0.05, 0) is 11.6 Å². The summed E-state index contributed by atoms with van der Waals surface area (Å²) in [7, 11) is 0. The van der Waals surface area contributed by atoms with Gasteiger partial charge in [-0.3, -0.25) is 0 Å². The van der Waals surface area contributed by atoms with Crippen molar-refractivity contribution in [1.29, 1.82) is 5.26 Å². The van der Waals surface area contributed by atoms with Crippen LogP contribution in [-0.4, -0.2) is 4.98 Å². The lowest BCUT2D eigenvalue weighted by Gasteiger charge is -2.07. The first-order chi connectivity index (χ1) is 6.15. The predicted octanol–water partition coefficient (Wildman–Crippen LogP) is 0.716. The molecule has 0 saturated carbocycles. The first kappa shape index (κ1) is 9.42. The number of nitriles is 1. The summed E-state index contributed by atoms with van der Waals surface area (Å²) in [4.78, 5) is 3.40. The fourth-order valence-electron chi connectivity index (χ4n) is 0.901. The fourth-order valence-corrected chi connectivity index (χ4v) is 0.901. The van der Waals surface area contributed by atoms with Crippen LogP contribution in [0.2, 0.25) is 0 Å². The van der Waals surface area contributed by atoms with Crippen LogP contribution in [0, 0.1) is 17.3 Å². The summed E-state index contributed by atoms with van der Waals surface area (Å²) < 4.78 is 12.6. The molecule has 0 aliphatic heterocycles. The first-order valence-corrected chi connectivity index (χ1v) is 3.68. The Morgan fingerprint density at radius 1 is 1.69 bits per heavy atom. The molecule has 0 aliphatic rings. The quantitative estimate of drug-likeness (QED) is 0.656. The topological polar surface area (TPSA) is 88.7 Å². The van der Waals surface area contributed by atoms with Crippen LogP contribution in [0.4, 0.5) is 10.1 Å². The zero-order chi connectivity index (χ0) is 9.84.